The Labute approximate surface area is 140 Å². The van der Waals surface area contributed by atoms with Gasteiger partial charge >= 0.3 is 0 Å². The Bertz CT molecular complexity index is 922. The van der Waals surface area contributed by atoms with Crippen molar-refractivity contribution in [1.82, 2.24) is 10.3 Å². The minimum atomic E-state index is -0.152. The molecule has 4 heteroatoms. The number of fused-ring (bicyclic) bond motifs is 1. The van der Waals surface area contributed by atoms with Gasteiger partial charge in [0, 0.05) is 23.8 Å². The summed E-state index contributed by atoms with van der Waals surface area (Å²) >= 11 is 0. The van der Waals surface area contributed by atoms with E-state index in [1.807, 2.05) is 30.3 Å². The van der Waals surface area contributed by atoms with E-state index < -0.39 is 0 Å². The van der Waals surface area contributed by atoms with Gasteiger partial charge in [0.05, 0.1) is 6.57 Å². The highest BCUT2D eigenvalue weighted by molar-refractivity contribution is 5.87. The summed E-state index contributed by atoms with van der Waals surface area (Å²) in [7, 11) is 0. The lowest BCUT2D eigenvalue weighted by Gasteiger charge is -2.05. The van der Waals surface area contributed by atoms with Crippen molar-refractivity contribution in [2.24, 2.45) is 5.92 Å². The topological polar surface area (TPSA) is 32.2 Å². The van der Waals surface area contributed by atoms with Crippen LogP contribution in [-0.2, 0) is 6.54 Å². The molecule has 1 fully saturated rings. The van der Waals surface area contributed by atoms with E-state index in [2.05, 4.69) is 21.3 Å². The SMILES string of the molecule is [C-]#[N+]c1ccc2[nH]cc(C3CC3CNCc3ccccc3F)c2c1. The largest absolute Gasteiger partial charge is 0.361 e. The molecule has 1 saturated carbocycles. The van der Waals surface area contributed by atoms with Gasteiger partial charge in [-0.1, -0.05) is 24.3 Å². The van der Waals surface area contributed by atoms with Crippen LogP contribution in [0.2, 0.25) is 0 Å². The van der Waals surface area contributed by atoms with Crippen molar-refractivity contribution < 1.29 is 4.39 Å². The molecule has 0 saturated heterocycles. The van der Waals surface area contributed by atoms with Crippen molar-refractivity contribution in [2.75, 3.05) is 6.54 Å². The van der Waals surface area contributed by atoms with E-state index in [9.17, 15) is 4.39 Å². The minimum Gasteiger partial charge on any atom is -0.361 e. The van der Waals surface area contributed by atoms with Crippen LogP contribution < -0.4 is 5.32 Å². The second-order valence-electron chi connectivity index (χ2n) is 6.41. The van der Waals surface area contributed by atoms with Gasteiger partial charge in [0.1, 0.15) is 5.82 Å². The molecule has 2 N–H and O–H groups in total. The Kier molecular flexibility index (Phi) is 3.79. The number of benzene rings is 2. The summed E-state index contributed by atoms with van der Waals surface area (Å²) < 4.78 is 13.6. The second kappa shape index (κ2) is 6.10. The van der Waals surface area contributed by atoms with Crippen molar-refractivity contribution in [1.29, 1.82) is 0 Å². The first-order valence-corrected chi connectivity index (χ1v) is 8.19. The van der Waals surface area contributed by atoms with Crippen LogP contribution in [0.1, 0.15) is 23.5 Å². The van der Waals surface area contributed by atoms with Gasteiger partial charge < -0.3 is 10.3 Å². The molecule has 3 nitrogen and oxygen atoms in total. The average Bonchev–Trinajstić information content (AvgIpc) is 3.25. The van der Waals surface area contributed by atoms with Crippen molar-refractivity contribution in [3.63, 3.8) is 0 Å². The molecule has 2 aromatic carbocycles. The van der Waals surface area contributed by atoms with Gasteiger partial charge in [-0.15, -0.1) is 0 Å². The third-order valence-electron chi connectivity index (χ3n) is 4.83. The van der Waals surface area contributed by atoms with E-state index in [0.29, 0.717) is 29.6 Å². The molecule has 1 heterocycles. The molecule has 0 aliphatic heterocycles. The standard InChI is InChI=1S/C20H18FN3/c1-22-15-6-7-20-17(9-15)18(12-24-20)16-8-14(16)11-23-10-13-4-2-3-5-19(13)21/h2-7,9,12,14,16,23-24H,8,10-11H2. The first kappa shape index (κ1) is 14.9. The molecule has 2 unspecified atom stereocenters. The van der Waals surface area contributed by atoms with Gasteiger partial charge in [0.25, 0.3) is 0 Å². The number of hydrogen-bond acceptors (Lipinski definition) is 1. The molecule has 1 aliphatic carbocycles. The molecule has 120 valence electrons. The average molecular weight is 319 g/mol. The van der Waals surface area contributed by atoms with Crippen LogP contribution in [0, 0.1) is 18.3 Å². The Morgan fingerprint density at radius 3 is 2.96 bits per heavy atom. The molecular weight excluding hydrogens is 301 g/mol. The van der Waals surface area contributed by atoms with Crippen LogP contribution >= 0.6 is 0 Å². The molecule has 1 aliphatic rings. The minimum absolute atomic E-state index is 0.152. The Hall–Kier alpha value is -2.64. The van der Waals surface area contributed by atoms with E-state index in [0.717, 1.165) is 23.9 Å². The van der Waals surface area contributed by atoms with E-state index in [4.69, 9.17) is 6.57 Å². The van der Waals surface area contributed by atoms with Crippen LogP contribution in [0.15, 0.2) is 48.7 Å². The Balaban J connectivity index is 1.40. The molecule has 1 aromatic heterocycles. The number of halogens is 1. The highest BCUT2D eigenvalue weighted by Crippen LogP contribution is 2.49. The van der Waals surface area contributed by atoms with Crippen LogP contribution in [0.5, 0.6) is 0 Å². The molecule has 0 radical (unpaired) electrons. The summed E-state index contributed by atoms with van der Waals surface area (Å²) in [4.78, 5) is 6.82. The monoisotopic (exact) mass is 319 g/mol. The third-order valence-corrected chi connectivity index (χ3v) is 4.83. The predicted molar refractivity (Wildman–Crippen MR) is 93.5 cm³/mol. The number of nitrogens with one attached hydrogen (secondary N) is 2. The lowest BCUT2D eigenvalue weighted by molar-refractivity contribution is 0.574. The maximum atomic E-state index is 13.6. The van der Waals surface area contributed by atoms with Crippen molar-refractivity contribution in [3.05, 3.63) is 77.0 Å². The zero-order chi connectivity index (χ0) is 16.5. The highest BCUT2D eigenvalue weighted by atomic mass is 19.1. The molecule has 0 bridgehead atoms. The third kappa shape index (κ3) is 2.79. The summed E-state index contributed by atoms with van der Waals surface area (Å²) in [5.41, 5.74) is 3.78. The number of aromatic amines is 1. The summed E-state index contributed by atoms with van der Waals surface area (Å²) in [5, 5.41) is 4.53. The lowest BCUT2D eigenvalue weighted by Crippen LogP contribution is -2.17. The number of nitrogens with zero attached hydrogens (tertiary/aromatic N) is 1. The molecule has 24 heavy (non-hydrogen) atoms. The second-order valence-corrected chi connectivity index (χ2v) is 6.41. The number of aromatic nitrogens is 1. The number of hydrogen-bond donors (Lipinski definition) is 2. The first-order chi connectivity index (χ1) is 11.8. The molecule has 2 atom stereocenters. The number of H-pyrrole nitrogens is 1. The lowest BCUT2D eigenvalue weighted by atomic mass is 10.1. The maximum Gasteiger partial charge on any atom is 0.187 e. The predicted octanol–water partition coefficient (Wildman–Crippen LogP) is 4.75. The van der Waals surface area contributed by atoms with E-state index in [-0.39, 0.29) is 5.82 Å². The van der Waals surface area contributed by atoms with Gasteiger partial charge in [-0.2, -0.15) is 0 Å². The number of rotatable bonds is 5. The zero-order valence-electron chi connectivity index (χ0n) is 13.2. The van der Waals surface area contributed by atoms with Gasteiger partial charge in [0.2, 0.25) is 0 Å². The summed E-state index contributed by atoms with van der Waals surface area (Å²) in [6.45, 7) is 8.61. The van der Waals surface area contributed by atoms with Crippen LogP contribution in [0.25, 0.3) is 15.7 Å². The van der Waals surface area contributed by atoms with Gasteiger partial charge in [-0.3, -0.25) is 0 Å². The summed E-state index contributed by atoms with van der Waals surface area (Å²) in [6.07, 6.45) is 3.21. The molecule has 0 amide bonds. The van der Waals surface area contributed by atoms with Crippen LogP contribution in [0.3, 0.4) is 0 Å². The van der Waals surface area contributed by atoms with E-state index in [1.54, 1.807) is 6.07 Å². The van der Waals surface area contributed by atoms with Crippen molar-refractivity contribution in [2.45, 2.75) is 18.9 Å². The molecule has 0 spiro atoms. The quantitative estimate of drug-likeness (QED) is 0.653. The normalized spacial score (nSPS) is 19.3. The van der Waals surface area contributed by atoms with Crippen molar-refractivity contribution in [3.8, 4) is 0 Å². The van der Waals surface area contributed by atoms with Crippen LogP contribution in [-0.4, -0.2) is 11.5 Å². The molecule has 3 aromatic rings. The fraction of sp³-hybridized carbons (Fsp3) is 0.250. The Morgan fingerprint density at radius 1 is 1.25 bits per heavy atom. The molecular formula is C20H18FN3. The zero-order valence-corrected chi connectivity index (χ0v) is 13.2. The molecule has 4 rings (SSSR count). The van der Waals surface area contributed by atoms with Gasteiger partial charge in [-0.05, 0) is 54.0 Å². The first-order valence-electron chi connectivity index (χ1n) is 8.19. The fourth-order valence-electron chi connectivity index (χ4n) is 3.39. The fourth-order valence-corrected chi connectivity index (χ4v) is 3.39. The Morgan fingerprint density at radius 2 is 2.12 bits per heavy atom. The van der Waals surface area contributed by atoms with Crippen LogP contribution in [0.4, 0.5) is 10.1 Å². The highest BCUT2D eigenvalue weighted by Gasteiger charge is 2.39. The van der Waals surface area contributed by atoms with Gasteiger partial charge in [-0.25, -0.2) is 9.24 Å². The maximum absolute atomic E-state index is 13.6. The van der Waals surface area contributed by atoms with E-state index >= 15 is 0 Å². The summed E-state index contributed by atoms with van der Waals surface area (Å²) in [5.74, 6) is 0.945. The smallest absolute Gasteiger partial charge is 0.187 e. The van der Waals surface area contributed by atoms with Crippen molar-refractivity contribution >= 4 is 16.6 Å². The van der Waals surface area contributed by atoms with Gasteiger partial charge in [0.15, 0.2) is 5.69 Å². The summed E-state index contributed by atoms with van der Waals surface area (Å²) in [6, 6.07) is 12.7. The van der Waals surface area contributed by atoms with E-state index in [1.165, 1.54) is 11.6 Å².